The average molecular weight is 489 g/mol. The molecule has 3 N–H and O–H groups in total. The zero-order valence-corrected chi connectivity index (χ0v) is 22.1. The van der Waals surface area contributed by atoms with E-state index < -0.39 is 59.0 Å². The number of carbonyl (C=O) groups is 3. The van der Waals surface area contributed by atoms with E-state index in [-0.39, 0.29) is 19.5 Å². The first-order valence-electron chi connectivity index (χ1n) is 11.8. The average Bonchev–Trinajstić information content (AvgIpc) is 2.56. The molecule has 0 aromatic carbocycles. The third-order valence-corrected chi connectivity index (χ3v) is 4.82. The SMILES string of the molecule is CC(C)(C)OC(=O)[C@H](CCN[C@H](C(=O)OC(C)(C)C)[C@@H](O)CN1CC[C@H]1C(=O)O)OC(C)(C)C. The van der Waals surface area contributed by atoms with Crippen molar-refractivity contribution in [3.05, 3.63) is 0 Å². The number of nitrogens with one attached hydrogen (secondary N) is 1. The molecule has 1 fully saturated rings. The minimum absolute atomic E-state index is 0.00185. The van der Waals surface area contributed by atoms with Crippen molar-refractivity contribution in [1.82, 2.24) is 10.2 Å². The number of hydrogen-bond acceptors (Lipinski definition) is 9. The lowest BCUT2D eigenvalue weighted by molar-refractivity contribution is -0.177. The quantitative estimate of drug-likeness (QED) is 0.369. The highest BCUT2D eigenvalue weighted by Gasteiger charge is 2.39. The molecule has 0 radical (unpaired) electrons. The highest BCUT2D eigenvalue weighted by atomic mass is 16.6. The summed E-state index contributed by atoms with van der Waals surface area (Å²) < 4.78 is 16.8. The zero-order chi connectivity index (χ0) is 26.5. The fourth-order valence-electron chi connectivity index (χ4n) is 3.42. The number of hydrogen-bond donors (Lipinski definition) is 3. The van der Waals surface area contributed by atoms with Crippen LogP contribution >= 0.6 is 0 Å². The lowest BCUT2D eigenvalue weighted by atomic mass is 10.0. The van der Waals surface area contributed by atoms with Crippen molar-refractivity contribution in [2.75, 3.05) is 19.6 Å². The second kappa shape index (κ2) is 11.8. The van der Waals surface area contributed by atoms with Crippen molar-refractivity contribution in [2.45, 2.75) is 116 Å². The van der Waals surface area contributed by atoms with Crippen molar-refractivity contribution in [3.63, 3.8) is 0 Å². The molecule has 1 aliphatic rings. The molecule has 1 rings (SSSR count). The van der Waals surface area contributed by atoms with Gasteiger partial charge in [-0.25, -0.2) is 4.79 Å². The van der Waals surface area contributed by atoms with Crippen molar-refractivity contribution < 1.29 is 38.8 Å². The van der Waals surface area contributed by atoms with Crippen LogP contribution in [0.1, 0.15) is 75.2 Å². The van der Waals surface area contributed by atoms with Crippen LogP contribution in [0.25, 0.3) is 0 Å². The molecule has 0 unspecified atom stereocenters. The van der Waals surface area contributed by atoms with Crippen molar-refractivity contribution >= 4 is 17.9 Å². The Kier molecular flexibility index (Phi) is 10.5. The van der Waals surface area contributed by atoms with Crippen LogP contribution in [0.3, 0.4) is 0 Å². The predicted octanol–water partition coefficient (Wildman–Crippen LogP) is 1.72. The number of ether oxygens (including phenoxy) is 3. The first kappa shape index (κ1) is 30.3. The molecule has 10 heteroatoms. The van der Waals surface area contributed by atoms with E-state index in [1.165, 1.54) is 0 Å². The Bertz CT molecular complexity index is 705. The Morgan fingerprint density at radius 3 is 1.88 bits per heavy atom. The summed E-state index contributed by atoms with van der Waals surface area (Å²) in [6.07, 6.45) is -1.40. The molecule has 10 nitrogen and oxygen atoms in total. The van der Waals surface area contributed by atoms with Crippen molar-refractivity contribution in [1.29, 1.82) is 0 Å². The van der Waals surface area contributed by atoms with Gasteiger partial charge >= 0.3 is 17.9 Å². The van der Waals surface area contributed by atoms with Gasteiger partial charge < -0.3 is 29.7 Å². The Labute approximate surface area is 203 Å². The standard InChI is InChI=1S/C24H44N2O8/c1-22(2,3)32-17(20(30)33-23(4,5)6)10-12-25-18(21(31)34-24(7,8)9)16(27)14-26-13-11-15(26)19(28)29/h15-18,25,27H,10-14H2,1-9H3,(H,28,29)/t15-,16-,17-,18-/m0/s1. The number of nitrogens with zero attached hydrogens (tertiary/aromatic N) is 1. The van der Waals surface area contributed by atoms with Gasteiger partial charge in [-0.05, 0) is 81.7 Å². The van der Waals surface area contributed by atoms with Crippen LogP contribution in [0.2, 0.25) is 0 Å². The first-order chi connectivity index (χ1) is 15.3. The largest absolute Gasteiger partial charge is 0.480 e. The molecule has 0 aromatic rings. The van der Waals surface area contributed by atoms with E-state index in [1.54, 1.807) is 46.4 Å². The van der Waals surface area contributed by atoms with Gasteiger partial charge in [0.2, 0.25) is 0 Å². The summed E-state index contributed by atoms with van der Waals surface area (Å²) in [7, 11) is 0. The van der Waals surface area contributed by atoms with Gasteiger partial charge in [-0.1, -0.05) is 0 Å². The van der Waals surface area contributed by atoms with Crippen LogP contribution in [0.15, 0.2) is 0 Å². The van der Waals surface area contributed by atoms with Gasteiger partial charge in [0.15, 0.2) is 6.10 Å². The molecule has 0 amide bonds. The van der Waals surface area contributed by atoms with Crippen LogP contribution < -0.4 is 5.32 Å². The van der Waals surface area contributed by atoms with Crippen LogP contribution in [-0.2, 0) is 28.6 Å². The monoisotopic (exact) mass is 488 g/mol. The number of aliphatic hydroxyl groups excluding tert-OH is 1. The van der Waals surface area contributed by atoms with E-state index in [1.807, 2.05) is 20.8 Å². The third-order valence-electron chi connectivity index (χ3n) is 4.82. The van der Waals surface area contributed by atoms with E-state index in [9.17, 15) is 24.6 Å². The van der Waals surface area contributed by atoms with Crippen LogP contribution in [0.5, 0.6) is 0 Å². The maximum atomic E-state index is 12.8. The minimum atomic E-state index is -1.21. The highest BCUT2D eigenvalue weighted by molar-refractivity contribution is 5.77. The number of carboxylic acids is 1. The molecule has 4 atom stereocenters. The molecule has 34 heavy (non-hydrogen) atoms. The van der Waals surface area contributed by atoms with E-state index in [0.29, 0.717) is 13.0 Å². The maximum absolute atomic E-state index is 12.8. The maximum Gasteiger partial charge on any atom is 0.335 e. The molecule has 0 aromatic heterocycles. The molecule has 1 heterocycles. The molecule has 0 spiro atoms. The molecular weight excluding hydrogens is 444 g/mol. The van der Waals surface area contributed by atoms with Crippen LogP contribution in [-0.4, -0.2) is 93.7 Å². The van der Waals surface area contributed by atoms with Crippen LogP contribution in [0.4, 0.5) is 0 Å². The zero-order valence-electron chi connectivity index (χ0n) is 22.1. The van der Waals surface area contributed by atoms with Gasteiger partial charge in [-0.15, -0.1) is 0 Å². The number of carbonyl (C=O) groups excluding carboxylic acids is 2. The fourth-order valence-corrected chi connectivity index (χ4v) is 3.42. The summed E-state index contributed by atoms with van der Waals surface area (Å²) in [5.41, 5.74) is -2.06. The predicted molar refractivity (Wildman–Crippen MR) is 126 cm³/mol. The number of carboxylic acid groups (broad SMARTS) is 1. The Morgan fingerprint density at radius 2 is 1.47 bits per heavy atom. The van der Waals surface area contributed by atoms with Crippen molar-refractivity contribution in [2.24, 2.45) is 0 Å². The van der Waals surface area contributed by atoms with Gasteiger partial charge in [0, 0.05) is 13.1 Å². The van der Waals surface area contributed by atoms with E-state index in [0.717, 1.165) is 0 Å². The van der Waals surface area contributed by atoms with Gasteiger partial charge in [0.25, 0.3) is 0 Å². The Morgan fingerprint density at radius 1 is 0.941 bits per heavy atom. The number of β-amino-alcohol motifs (C(OH)–C–C–N with tert-alkyl or cyclic N) is 1. The topological polar surface area (TPSA) is 135 Å². The molecule has 198 valence electrons. The van der Waals surface area contributed by atoms with Crippen LogP contribution in [0, 0.1) is 0 Å². The summed E-state index contributed by atoms with van der Waals surface area (Å²) in [5, 5.41) is 23.0. The lowest BCUT2D eigenvalue weighted by Crippen LogP contribution is -2.59. The number of rotatable bonds is 11. The van der Waals surface area contributed by atoms with Gasteiger partial charge in [-0.3, -0.25) is 14.5 Å². The van der Waals surface area contributed by atoms with Gasteiger partial charge in [0.05, 0.1) is 11.7 Å². The van der Waals surface area contributed by atoms with E-state index in [2.05, 4.69) is 5.32 Å². The number of aliphatic hydroxyl groups is 1. The lowest BCUT2D eigenvalue weighted by Gasteiger charge is -2.40. The second-order valence-electron chi connectivity index (χ2n) is 11.7. The summed E-state index contributed by atoms with van der Waals surface area (Å²) in [6.45, 7) is 16.6. The summed E-state index contributed by atoms with van der Waals surface area (Å²) in [5.74, 6) is -2.12. The molecule has 0 saturated carbocycles. The smallest absolute Gasteiger partial charge is 0.335 e. The molecule has 1 aliphatic heterocycles. The van der Waals surface area contributed by atoms with E-state index >= 15 is 0 Å². The normalized spacial score (nSPS) is 20.1. The van der Waals surface area contributed by atoms with Gasteiger partial charge in [-0.2, -0.15) is 0 Å². The third kappa shape index (κ3) is 11.1. The molecule has 1 saturated heterocycles. The summed E-state index contributed by atoms with van der Waals surface area (Å²) in [4.78, 5) is 38.4. The fraction of sp³-hybridized carbons (Fsp3) is 0.875. The summed E-state index contributed by atoms with van der Waals surface area (Å²) in [6, 6.07) is -1.78. The molecule has 0 aliphatic carbocycles. The molecule has 0 bridgehead atoms. The minimum Gasteiger partial charge on any atom is -0.480 e. The highest BCUT2D eigenvalue weighted by Crippen LogP contribution is 2.20. The number of likely N-dealkylation sites (tertiary alicyclic amines) is 1. The Balaban J connectivity index is 2.90. The second-order valence-corrected chi connectivity index (χ2v) is 11.7. The van der Waals surface area contributed by atoms with E-state index in [4.69, 9.17) is 14.2 Å². The summed E-state index contributed by atoms with van der Waals surface area (Å²) >= 11 is 0. The number of esters is 2. The first-order valence-corrected chi connectivity index (χ1v) is 11.8. The van der Waals surface area contributed by atoms with Crippen molar-refractivity contribution in [3.8, 4) is 0 Å². The molecular formula is C24H44N2O8. The number of aliphatic carboxylic acids is 1. The Hall–Kier alpha value is -1.75. The van der Waals surface area contributed by atoms with Gasteiger partial charge in [0.1, 0.15) is 23.3 Å².